The number of rotatable bonds is 7. The Hall–Kier alpha value is -3.51. The molecule has 0 bridgehead atoms. The molecule has 0 aliphatic heterocycles. The van der Waals surface area contributed by atoms with E-state index in [-0.39, 0.29) is 5.91 Å². The Morgan fingerprint density at radius 2 is 1.84 bits per heavy atom. The second kappa shape index (κ2) is 9.32. The molecule has 0 saturated carbocycles. The molecule has 6 nitrogen and oxygen atoms in total. The van der Waals surface area contributed by atoms with Gasteiger partial charge in [0.15, 0.2) is 5.65 Å². The molecule has 6 heteroatoms. The number of nitrogens with zero attached hydrogens (tertiary/aromatic N) is 4. The van der Waals surface area contributed by atoms with Gasteiger partial charge in [0.1, 0.15) is 0 Å². The molecule has 32 heavy (non-hydrogen) atoms. The predicted octanol–water partition coefficient (Wildman–Crippen LogP) is 5.11. The summed E-state index contributed by atoms with van der Waals surface area (Å²) in [5.74, 6) is 0.340. The number of benzene rings is 2. The lowest BCUT2D eigenvalue weighted by molar-refractivity contribution is -0.116. The van der Waals surface area contributed by atoms with E-state index in [1.807, 2.05) is 61.1 Å². The molecule has 0 aliphatic rings. The van der Waals surface area contributed by atoms with Crippen LogP contribution in [-0.4, -0.2) is 39.5 Å². The highest BCUT2D eigenvalue weighted by Gasteiger charge is 2.13. The van der Waals surface area contributed by atoms with E-state index in [0.29, 0.717) is 12.3 Å². The highest BCUT2D eigenvalue weighted by molar-refractivity contribution is 5.91. The summed E-state index contributed by atoms with van der Waals surface area (Å²) in [4.78, 5) is 19.0. The van der Waals surface area contributed by atoms with Gasteiger partial charge in [-0.15, -0.1) is 0 Å². The summed E-state index contributed by atoms with van der Waals surface area (Å²) in [6.07, 6.45) is 4.18. The number of amides is 1. The Balaban J connectivity index is 1.69. The fraction of sp³-hybridized carbons (Fsp3) is 0.269. The van der Waals surface area contributed by atoms with Crippen molar-refractivity contribution in [2.75, 3.05) is 19.4 Å². The second-order valence-corrected chi connectivity index (χ2v) is 8.79. The highest BCUT2D eigenvalue weighted by Crippen LogP contribution is 2.29. The molecule has 0 radical (unpaired) electrons. The Kier molecular flexibility index (Phi) is 6.32. The number of anilines is 1. The molecule has 0 fully saturated rings. The van der Waals surface area contributed by atoms with Crippen molar-refractivity contribution in [3.05, 3.63) is 72.6 Å². The Labute approximate surface area is 188 Å². The summed E-state index contributed by atoms with van der Waals surface area (Å²) in [5, 5.41) is 7.64. The fourth-order valence-electron chi connectivity index (χ4n) is 3.86. The molecule has 1 N–H and O–H groups in total. The van der Waals surface area contributed by atoms with Gasteiger partial charge >= 0.3 is 0 Å². The lowest BCUT2D eigenvalue weighted by atomic mass is 10.1. The zero-order valence-corrected chi connectivity index (χ0v) is 19.0. The molecule has 2 heterocycles. The van der Waals surface area contributed by atoms with Crippen molar-refractivity contribution in [3.63, 3.8) is 0 Å². The van der Waals surface area contributed by atoms with Gasteiger partial charge in [0.05, 0.1) is 11.9 Å². The molecule has 0 aliphatic carbocycles. The van der Waals surface area contributed by atoms with Crippen LogP contribution in [0.2, 0.25) is 0 Å². The summed E-state index contributed by atoms with van der Waals surface area (Å²) >= 11 is 0. The smallest absolute Gasteiger partial charge is 0.224 e. The third-order valence-electron chi connectivity index (χ3n) is 5.17. The van der Waals surface area contributed by atoms with E-state index in [0.717, 1.165) is 40.3 Å². The third-order valence-corrected chi connectivity index (χ3v) is 5.17. The first-order chi connectivity index (χ1) is 15.4. The molecule has 2 aromatic carbocycles. The Morgan fingerprint density at radius 3 is 2.62 bits per heavy atom. The standard InChI is InChI=1S/C26H29N5O/c1-18(2)13-25(32)29-22-10-6-9-21(15-22)24-11-12-27-26-23(16-28-31(24)26)20-8-5-7-19(14-20)17-30(3)4/h5-12,14-16,18H,13,17H2,1-4H3,(H,29,32). The van der Waals surface area contributed by atoms with Crippen LogP contribution in [0.3, 0.4) is 0 Å². The number of aromatic nitrogens is 3. The van der Waals surface area contributed by atoms with Gasteiger partial charge in [-0.05, 0) is 55.4 Å². The van der Waals surface area contributed by atoms with Crippen molar-refractivity contribution in [1.82, 2.24) is 19.5 Å². The Bertz CT molecular complexity index is 1240. The molecule has 4 aromatic rings. The molecule has 4 rings (SSSR count). The molecule has 1 amide bonds. The highest BCUT2D eigenvalue weighted by atomic mass is 16.1. The average Bonchev–Trinajstić information content (AvgIpc) is 3.17. The van der Waals surface area contributed by atoms with Gasteiger partial charge in [0.2, 0.25) is 5.91 Å². The Morgan fingerprint density at radius 1 is 1.06 bits per heavy atom. The lowest BCUT2D eigenvalue weighted by Crippen LogP contribution is -2.13. The summed E-state index contributed by atoms with van der Waals surface area (Å²) in [6, 6.07) is 18.3. The lowest BCUT2D eigenvalue weighted by Gasteiger charge is -2.11. The van der Waals surface area contributed by atoms with E-state index < -0.39 is 0 Å². The van der Waals surface area contributed by atoms with E-state index in [1.165, 1.54) is 5.56 Å². The summed E-state index contributed by atoms with van der Waals surface area (Å²) in [5.41, 5.74) is 6.81. The quantitative estimate of drug-likeness (QED) is 0.445. The predicted molar refractivity (Wildman–Crippen MR) is 129 cm³/mol. The summed E-state index contributed by atoms with van der Waals surface area (Å²) in [7, 11) is 4.13. The van der Waals surface area contributed by atoms with Crippen LogP contribution in [-0.2, 0) is 11.3 Å². The van der Waals surface area contributed by atoms with E-state index in [2.05, 4.69) is 58.7 Å². The summed E-state index contributed by atoms with van der Waals surface area (Å²) in [6.45, 7) is 4.95. The van der Waals surface area contributed by atoms with E-state index in [1.54, 1.807) is 0 Å². The number of fused-ring (bicyclic) bond motifs is 1. The zero-order chi connectivity index (χ0) is 22.7. The molecule has 0 saturated heterocycles. The largest absolute Gasteiger partial charge is 0.326 e. The zero-order valence-electron chi connectivity index (χ0n) is 19.0. The van der Waals surface area contributed by atoms with Crippen LogP contribution >= 0.6 is 0 Å². The van der Waals surface area contributed by atoms with Gasteiger partial charge in [-0.1, -0.05) is 44.2 Å². The molecular weight excluding hydrogens is 398 g/mol. The van der Waals surface area contributed by atoms with Crippen LogP contribution in [0.5, 0.6) is 0 Å². The van der Waals surface area contributed by atoms with Crippen molar-refractivity contribution >= 4 is 17.2 Å². The second-order valence-electron chi connectivity index (χ2n) is 8.79. The molecular formula is C26H29N5O. The molecule has 164 valence electrons. The SMILES string of the molecule is CC(C)CC(=O)Nc1cccc(-c2ccnc3c(-c4cccc(CN(C)C)c4)cnn23)c1. The maximum atomic E-state index is 12.2. The number of hydrogen-bond acceptors (Lipinski definition) is 4. The molecule has 0 atom stereocenters. The van der Waals surface area contributed by atoms with Crippen LogP contribution in [0.25, 0.3) is 28.0 Å². The van der Waals surface area contributed by atoms with Crippen LogP contribution in [0.15, 0.2) is 67.0 Å². The van der Waals surface area contributed by atoms with Crippen molar-refractivity contribution in [2.45, 2.75) is 26.8 Å². The number of carbonyl (C=O) groups is 1. The maximum absolute atomic E-state index is 12.2. The van der Waals surface area contributed by atoms with E-state index >= 15 is 0 Å². The van der Waals surface area contributed by atoms with E-state index in [9.17, 15) is 4.79 Å². The number of nitrogens with one attached hydrogen (secondary N) is 1. The van der Waals surface area contributed by atoms with Crippen LogP contribution in [0.1, 0.15) is 25.8 Å². The monoisotopic (exact) mass is 427 g/mol. The topological polar surface area (TPSA) is 62.5 Å². The maximum Gasteiger partial charge on any atom is 0.224 e. The van der Waals surface area contributed by atoms with Gasteiger partial charge < -0.3 is 10.2 Å². The van der Waals surface area contributed by atoms with Gasteiger partial charge in [-0.2, -0.15) is 5.10 Å². The van der Waals surface area contributed by atoms with Crippen LogP contribution < -0.4 is 5.32 Å². The normalized spacial score (nSPS) is 11.4. The molecule has 2 aromatic heterocycles. The van der Waals surface area contributed by atoms with Gasteiger partial charge in [-0.3, -0.25) is 4.79 Å². The van der Waals surface area contributed by atoms with Gasteiger partial charge in [0.25, 0.3) is 0 Å². The van der Waals surface area contributed by atoms with Crippen molar-refractivity contribution in [1.29, 1.82) is 0 Å². The summed E-state index contributed by atoms with van der Waals surface area (Å²) < 4.78 is 1.86. The van der Waals surface area contributed by atoms with Gasteiger partial charge in [0, 0.05) is 36.0 Å². The number of carbonyl (C=O) groups excluding carboxylic acids is 1. The van der Waals surface area contributed by atoms with Crippen molar-refractivity contribution < 1.29 is 4.79 Å². The number of hydrogen-bond donors (Lipinski definition) is 1. The van der Waals surface area contributed by atoms with Crippen LogP contribution in [0.4, 0.5) is 5.69 Å². The fourth-order valence-corrected chi connectivity index (χ4v) is 3.86. The first kappa shape index (κ1) is 21.7. The first-order valence-corrected chi connectivity index (χ1v) is 10.9. The average molecular weight is 428 g/mol. The minimum atomic E-state index is 0.0241. The minimum absolute atomic E-state index is 0.0241. The van der Waals surface area contributed by atoms with Crippen LogP contribution in [0, 0.1) is 5.92 Å². The third kappa shape index (κ3) is 4.86. The van der Waals surface area contributed by atoms with Crippen molar-refractivity contribution in [3.8, 4) is 22.4 Å². The first-order valence-electron chi connectivity index (χ1n) is 10.9. The van der Waals surface area contributed by atoms with E-state index in [4.69, 9.17) is 0 Å². The minimum Gasteiger partial charge on any atom is -0.326 e. The molecule has 0 unspecified atom stereocenters. The molecule has 0 spiro atoms. The van der Waals surface area contributed by atoms with Crippen molar-refractivity contribution in [2.24, 2.45) is 5.92 Å². The van der Waals surface area contributed by atoms with Gasteiger partial charge in [-0.25, -0.2) is 9.50 Å².